The number of nitrogens with one attached hydrogen (secondary N) is 1. The van der Waals surface area contributed by atoms with E-state index in [1.165, 1.54) is 4.31 Å². The highest BCUT2D eigenvalue weighted by atomic mass is 32.2. The predicted molar refractivity (Wildman–Crippen MR) is 107 cm³/mol. The zero-order valence-electron chi connectivity index (χ0n) is 16.2. The number of carbonyl (C=O) groups excluding carboxylic acids is 1. The number of nitrogens with zero attached hydrogens (tertiary/aromatic N) is 1. The van der Waals surface area contributed by atoms with Crippen molar-refractivity contribution in [1.29, 1.82) is 0 Å². The van der Waals surface area contributed by atoms with Crippen LogP contribution in [-0.2, 0) is 21.4 Å². The van der Waals surface area contributed by atoms with Crippen LogP contribution in [0.1, 0.15) is 23.1 Å². The molecule has 0 aliphatic carbocycles. The molecule has 0 unspecified atom stereocenters. The van der Waals surface area contributed by atoms with Gasteiger partial charge >= 0.3 is 0 Å². The highest BCUT2D eigenvalue weighted by Gasteiger charge is 2.18. The van der Waals surface area contributed by atoms with Crippen molar-refractivity contribution in [1.82, 2.24) is 4.31 Å². The van der Waals surface area contributed by atoms with Crippen LogP contribution in [0.4, 0.5) is 5.69 Å². The molecule has 7 heteroatoms. The molecule has 6 nitrogen and oxygen atoms in total. The van der Waals surface area contributed by atoms with E-state index in [4.69, 9.17) is 4.74 Å². The van der Waals surface area contributed by atoms with Crippen LogP contribution in [0.15, 0.2) is 42.5 Å². The number of rotatable bonds is 8. The number of sulfonamides is 1. The van der Waals surface area contributed by atoms with E-state index >= 15 is 0 Å². The lowest BCUT2D eigenvalue weighted by Crippen LogP contribution is -2.32. The number of hydrogen-bond acceptors (Lipinski definition) is 4. The van der Waals surface area contributed by atoms with Crippen molar-refractivity contribution in [3.05, 3.63) is 59.2 Å². The van der Waals surface area contributed by atoms with Gasteiger partial charge in [-0.15, -0.1) is 0 Å². The number of carbonyl (C=O) groups is 1. The molecule has 0 fully saturated rings. The molecule has 0 spiro atoms. The van der Waals surface area contributed by atoms with Gasteiger partial charge < -0.3 is 10.1 Å². The highest BCUT2D eigenvalue weighted by molar-refractivity contribution is 7.88. The summed E-state index contributed by atoms with van der Waals surface area (Å²) in [7, 11) is -1.86. The van der Waals surface area contributed by atoms with E-state index in [1.54, 1.807) is 19.2 Å². The Morgan fingerprint density at radius 2 is 1.78 bits per heavy atom. The molecule has 0 radical (unpaired) electrons. The summed E-state index contributed by atoms with van der Waals surface area (Å²) in [4.78, 5) is 12.3. The smallest absolute Gasteiger partial charge is 0.225 e. The molecular weight excluding hydrogens is 364 g/mol. The Labute approximate surface area is 161 Å². The second-order valence-electron chi connectivity index (χ2n) is 6.56. The van der Waals surface area contributed by atoms with E-state index < -0.39 is 10.0 Å². The lowest BCUT2D eigenvalue weighted by Gasteiger charge is -2.20. The summed E-state index contributed by atoms with van der Waals surface area (Å²) >= 11 is 0. The first-order chi connectivity index (χ1) is 12.7. The third kappa shape index (κ3) is 6.37. The summed E-state index contributed by atoms with van der Waals surface area (Å²) in [6.45, 7) is 4.23. The van der Waals surface area contributed by atoms with Gasteiger partial charge in [0.05, 0.1) is 13.4 Å². The molecule has 2 rings (SSSR count). The summed E-state index contributed by atoms with van der Waals surface area (Å²) in [5, 5.41) is 2.85. The Morgan fingerprint density at radius 1 is 1.11 bits per heavy atom. The minimum atomic E-state index is -3.44. The molecule has 1 N–H and O–H groups in total. The van der Waals surface area contributed by atoms with Crippen LogP contribution in [-0.4, -0.2) is 38.5 Å². The number of aryl methyl sites for hydroxylation is 2. The summed E-state index contributed by atoms with van der Waals surface area (Å²) in [5.74, 6) is 0.489. The summed E-state index contributed by atoms with van der Waals surface area (Å²) in [5.41, 5.74) is 3.66. The highest BCUT2D eigenvalue weighted by Crippen LogP contribution is 2.17. The first-order valence-electron chi connectivity index (χ1n) is 8.64. The molecule has 0 aromatic heterocycles. The molecule has 0 atom stereocenters. The molecule has 0 bridgehead atoms. The maximum absolute atomic E-state index is 12.3. The minimum absolute atomic E-state index is 0.0799. The number of methoxy groups -OCH3 is 1. The molecule has 0 aliphatic heterocycles. The Bertz CT molecular complexity index is 893. The number of benzene rings is 2. The average molecular weight is 391 g/mol. The molecule has 1 amide bonds. The van der Waals surface area contributed by atoms with E-state index in [-0.39, 0.29) is 25.4 Å². The van der Waals surface area contributed by atoms with Crippen LogP contribution in [0.3, 0.4) is 0 Å². The Balaban J connectivity index is 2.00. The summed E-state index contributed by atoms with van der Waals surface area (Å²) < 4.78 is 30.6. The number of ether oxygens (including phenoxy) is 1. The normalized spacial score (nSPS) is 11.4. The predicted octanol–water partition coefficient (Wildman–Crippen LogP) is 3.10. The van der Waals surface area contributed by atoms with Crippen molar-refractivity contribution in [2.75, 3.05) is 25.2 Å². The fourth-order valence-electron chi connectivity index (χ4n) is 2.69. The van der Waals surface area contributed by atoms with E-state index in [0.29, 0.717) is 5.75 Å². The van der Waals surface area contributed by atoms with Gasteiger partial charge in [0.25, 0.3) is 0 Å². The molecule has 146 valence electrons. The molecule has 2 aromatic carbocycles. The van der Waals surface area contributed by atoms with Crippen LogP contribution in [0.5, 0.6) is 5.75 Å². The largest absolute Gasteiger partial charge is 0.497 e. The van der Waals surface area contributed by atoms with Crippen LogP contribution in [0.25, 0.3) is 0 Å². The van der Waals surface area contributed by atoms with Crippen molar-refractivity contribution in [3.63, 3.8) is 0 Å². The van der Waals surface area contributed by atoms with Crippen LogP contribution < -0.4 is 10.1 Å². The van der Waals surface area contributed by atoms with Gasteiger partial charge in [-0.05, 0) is 43.2 Å². The lowest BCUT2D eigenvalue weighted by atomic mass is 10.1. The molecule has 27 heavy (non-hydrogen) atoms. The number of anilines is 1. The molecule has 0 heterocycles. The van der Waals surface area contributed by atoms with E-state index in [1.807, 2.05) is 44.2 Å². The zero-order chi connectivity index (χ0) is 20.0. The van der Waals surface area contributed by atoms with Crippen molar-refractivity contribution >= 4 is 21.6 Å². The molecule has 0 saturated carbocycles. The third-order valence-corrected chi connectivity index (χ3v) is 5.48. The number of hydrogen-bond donors (Lipinski definition) is 1. The van der Waals surface area contributed by atoms with Crippen molar-refractivity contribution in [3.8, 4) is 5.75 Å². The van der Waals surface area contributed by atoms with Gasteiger partial charge in [0.15, 0.2) is 0 Å². The van der Waals surface area contributed by atoms with Crippen LogP contribution in [0.2, 0.25) is 0 Å². The van der Waals surface area contributed by atoms with E-state index in [0.717, 1.165) is 28.6 Å². The van der Waals surface area contributed by atoms with E-state index in [9.17, 15) is 13.2 Å². The summed E-state index contributed by atoms with van der Waals surface area (Å²) in [6, 6.07) is 13.0. The van der Waals surface area contributed by atoms with Gasteiger partial charge in [0, 0.05) is 25.2 Å². The maximum atomic E-state index is 12.3. The lowest BCUT2D eigenvalue weighted by molar-refractivity contribution is -0.116. The van der Waals surface area contributed by atoms with Crippen molar-refractivity contribution in [2.24, 2.45) is 0 Å². The molecule has 0 saturated heterocycles. The summed E-state index contributed by atoms with van der Waals surface area (Å²) in [6.07, 6.45) is 1.23. The van der Waals surface area contributed by atoms with Crippen molar-refractivity contribution < 1.29 is 17.9 Å². The molecular formula is C20H26N2O4S. The Kier molecular flexibility index (Phi) is 6.98. The van der Waals surface area contributed by atoms with Gasteiger partial charge in [-0.1, -0.05) is 29.8 Å². The second-order valence-corrected chi connectivity index (χ2v) is 8.54. The van der Waals surface area contributed by atoms with Gasteiger partial charge in [-0.3, -0.25) is 4.79 Å². The first kappa shape index (κ1) is 20.9. The molecule has 2 aromatic rings. The maximum Gasteiger partial charge on any atom is 0.225 e. The number of amides is 1. The molecule has 0 aliphatic rings. The fraction of sp³-hybridized carbons (Fsp3) is 0.350. The quantitative estimate of drug-likeness (QED) is 0.751. The van der Waals surface area contributed by atoms with Crippen LogP contribution in [0, 0.1) is 13.8 Å². The first-order valence-corrected chi connectivity index (χ1v) is 10.5. The fourth-order valence-corrected chi connectivity index (χ4v) is 3.50. The van der Waals surface area contributed by atoms with Crippen LogP contribution >= 0.6 is 0 Å². The topological polar surface area (TPSA) is 75.7 Å². The SMILES string of the molecule is COc1ccc(CN(CCC(=O)Nc2ccc(C)cc2C)S(C)(=O)=O)cc1. The monoisotopic (exact) mass is 390 g/mol. The van der Waals surface area contributed by atoms with Gasteiger partial charge in [-0.2, -0.15) is 4.31 Å². The van der Waals surface area contributed by atoms with Gasteiger partial charge in [0.2, 0.25) is 15.9 Å². The second kappa shape index (κ2) is 9.01. The standard InChI is InChI=1S/C20H26N2O4S/c1-15-5-10-19(16(2)13-15)21-20(23)11-12-22(27(4,24)25)14-17-6-8-18(26-3)9-7-17/h5-10,13H,11-12,14H2,1-4H3,(H,21,23). The minimum Gasteiger partial charge on any atom is -0.497 e. The van der Waals surface area contributed by atoms with E-state index in [2.05, 4.69) is 5.32 Å². The van der Waals surface area contributed by atoms with Crippen molar-refractivity contribution in [2.45, 2.75) is 26.8 Å². The Morgan fingerprint density at radius 3 is 2.33 bits per heavy atom. The van der Waals surface area contributed by atoms with Gasteiger partial charge in [0.1, 0.15) is 5.75 Å². The zero-order valence-corrected chi connectivity index (χ0v) is 17.0. The average Bonchev–Trinajstić information content (AvgIpc) is 2.60. The Hall–Kier alpha value is -2.38. The van der Waals surface area contributed by atoms with Gasteiger partial charge in [-0.25, -0.2) is 8.42 Å². The third-order valence-electron chi connectivity index (χ3n) is 4.23.